The maximum absolute atomic E-state index is 12.3. The standard InChI is InChI=1S/C13H13F2N3O4/c1-20-7-11-17-10(18-22-11)6-16-12(19)8-4-2-3-5-9(8)21-13(14)15/h2-5,13H,6-7H2,1H3,(H,16,19). The molecular formula is C13H13F2N3O4. The number of rotatable bonds is 7. The van der Waals surface area contributed by atoms with Crippen LogP contribution in [0.5, 0.6) is 5.75 Å². The Morgan fingerprint density at radius 2 is 2.18 bits per heavy atom. The fourth-order valence-electron chi connectivity index (χ4n) is 1.65. The summed E-state index contributed by atoms with van der Waals surface area (Å²) in [6.45, 7) is -2.87. The zero-order chi connectivity index (χ0) is 15.9. The van der Waals surface area contributed by atoms with E-state index in [1.165, 1.54) is 31.4 Å². The number of amides is 1. The van der Waals surface area contributed by atoms with Crippen molar-refractivity contribution in [1.29, 1.82) is 0 Å². The van der Waals surface area contributed by atoms with Crippen molar-refractivity contribution < 1.29 is 27.6 Å². The smallest absolute Gasteiger partial charge is 0.387 e. The van der Waals surface area contributed by atoms with Gasteiger partial charge in [0.1, 0.15) is 12.4 Å². The molecule has 0 saturated heterocycles. The van der Waals surface area contributed by atoms with Crippen molar-refractivity contribution >= 4 is 5.91 Å². The van der Waals surface area contributed by atoms with E-state index in [0.717, 1.165) is 0 Å². The van der Waals surface area contributed by atoms with Crippen molar-refractivity contribution in [3.63, 3.8) is 0 Å². The SMILES string of the molecule is COCc1nc(CNC(=O)c2ccccc2OC(F)F)no1. The highest BCUT2D eigenvalue weighted by Crippen LogP contribution is 2.20. The number of carbonyl (C=O) groups excluding carboxylic acids is 1. The van der Waals surface area contributed by atoms with Gasteiger partial charge in [-0.1, -0.05) is 17.3 Å². The predicted octanol–water partition coefficient (Wildman–Crippen LogP) is 1.75. The van der Waals surface area contributed by atoms with Gasteiger partial charge in [0.05, 0.1) is 12.1 Å². The summed E-state index contributed by atoms with van der Waals surface area (Å²) in [5.41, 5.74) is -0.0107. The van der Waals surface area contributed by atoms with E-state index in [2.05, 4.69) is 20.2 Å². The average Bonchev–Trinajstić information content (AvgIpc) is 2.93. The molecule has 0 unspecified atom stereocenters. The molecule has 0 fully saturated rings. The molecule has 0 atom stereocenters. The van der Waals surface area contributed by atoms with Crippen molar-refractivity contribution in [2.24, 2.45) is 0 Å². The number of hydrogen-bond donors (Lipinski definition) is 1. The number of benzene rings is 1. The number of halogens is 2. The van der Waals surface area contributed by atoms with E-state index in [4.69, 9.17) is 9.26 Å². The first-order valence-corrected chi connectivity index (χ1v) is 6.22. The first-order valence-electron chi connectivity index (χ1n) is 6.22. The molecule has 1 N–H and O–H groups in total. The Morgan fingerprint density at radius 1 is 1.41 bits per heavy atom. The minimum Gasteiger partial charge on any atom is -0.434 e. The number of nitrogens with zero attached hydrogens (tertiary/aromatic N) is 2. The van der Waals surface area contributed by atoms with Gasteiger partial charge in [0, 0.05) is 7.11 Å². The highest BCUT2D eigenvalue weighted by molar-refractivity contribution is 5.96. The first kappa shape index (κ1) is 15.8. The Kier molecular flexibility index (Phi) is 5.37. The van der Waals surface area contributed by atoms with Crippen molar-refractivity contribution in [3.8, 4) is 5.75 Å². The molecule has 0 aliphatic rings. The van der Waals surface area contributed by atoms with Gasteiger partial charge in [0.2, 0.25) is 0 Å². The summed E-state index contributed by atoms with van der Waals surface area (Å²) in [4.78, 5) is 16.0. The van der Waals surface area contributed by atoms with Crippen LogP contribution in [0.1, 0.15) is 22.1 Å². The highest BCUT2D eigenvalue weighted by Gasteiger charge is 2.16. The molecule has 0 radical (unpaired) electrons. The summed E-state index contributed by atoms with van der Waals surface area (Å²) in [6.07, 6.45) is 0. The summed E-state index contributed by atoms with van der Waals surface area (Å²) < 4.78 is 38.6. The molecular weight excluding hydrogens is 300 g/mol. The van der Waals surface area contributed by atoms with Gasteiger partial charge in [-0.15, -0.1) is 0 Å². The molecule has 22 heavy (non-hydrogen) atoms. The van der Waals surface area contributed by atoms with Gasteiger partial charge in [-0.2, -0.15) is 13.8 Å². The number of hydrogen-bond acceptors (Lipinski definition) is 6. The number of methoxy groups -OCH3 is 1. The van der Waals surface area contributed by atoms with Crippen LogP contribution in [-0.2, 0) is 17.9 Å². The summed E-state index contributed by atoms with van der Waals surface area (Å²) in [6, 6.07) is 5.69. The molecule has 7 nitrogen and oxygen atoms in total. The van der Waals surface area contributed by atoms with Gasteiger partial charge in [-0.3, -0.25) is 4.79 Å². The molecule has 1 aromatic heterocycles. The number of para-hydroxylation sites is 1. The lowest BCUT2D eigenvalue weighted by molar-refractivity contribution is -0.0501. The van der Waals surface area contributed by atoms with Crippen molar-refractivity contribution in [2.75, 3.05) is 7.11 Å². The van der Waals surface area contributed by atoms with Crippen LogP contribution in [0.15, 0.2) is 28.8 Å². The Labute approximate surface area is 124 Å². The maximum Gasteiger partial charge on any atom is 0.387 e. The Balaban J connectivity index is 1.99. The van der Waals surface area contributed by atoms with Crippen LogP contribution in [0.3, 0.4) is 0 Å². The minimum atomic E-state index is -3.01. The lowest BCUT2D eigenvalue weighted by atomic mass is 10.2. The van der Waals surface area contributed by atoms with E-state index < -0.39 is 12.5 Å². The zero-order valence-electron chi connectivity index (χ0n) is 11.6. The quantitative estimate of drug-likeness (QED) is 0.838. The van der Waals surface area contributed by atoms with E-state index in [0.29, 0.717) is 0 Å². The van der Waals surface area contributed by atoms with Crippen LogP contribution < -0.4 is 10.1 Å². The van der Waals surface area contributed by atoms with Crippen molar-refractivity contribution in [2.45, 2.75) is 19.8 Å². The van der Waals surface area contributed by atoms with Gasteiger partial charge < -0.3 is 19.3 Å². The van der Waals surface area contributed by atoms with E-state index in [9.17, 15) is 13.6 Å². The second-order valence-corrected chi connectivity index (χ2v) is 4.09. The van der Waals surface area contributed by atoms with Crippen LogP contribution in [0, 0.1) is 0 Å². The van der Waals surface area contributed by atoms with Gasteiger partial charge in [-0.25, -0.2) is 0 Å². The van der Waals surface area contributed by atoms with Crippen LogP contribution in [-0.4, -0.2) is 29.8 Å². The first-order chi connectivity index (χ1) is 10.6. The minimum absolute atomic E-state index is 0.0107. The van der Waals surface area contributed by atoms with Gasteiger partial charge in [0.15, 0.2) is 5.82 Å². The van der Waals surface area contributed by atoms with Crippen LogP contribution in [0.4, 0.5) is 8.78 Å². The molecule has 1 aromatic carbocycles. The summed E-state index contributed by atoms with van der Waals surface area (Å²) in [7, 11) is 1.48. The fraction of sp³-hybridized carbons (Fsp3) is 0.308. The molecule has 2 rings (SSSR count). The van der Waals surface area contributed by atoms with Crippen molar-refractivity contribution in [1.82, 2.24) is 15.5 Å². The maximum atomic E-state index is 12.3. The molecule has 0 bridgehead atoms. The fourth-order valence-corrected chi connectivity index (χ4v) is 1.65. The second kappa shape index (κ2) is 7.46. The number of carbonyl (C=O) groups is 1. The summed E-state index contributed by atoms with van der Waals surface area (Å²) in [5.74, 6) is -0.279. The van der Waals surface area contributed by atoms with E-state index in [-0.39, 0.29) is 36.2 Å². The normalized spacial score (nSPS) is 10.7. The predicted molar refractivity (Wildman–Crippen MR) is 69.3 cm³/mol. The molecule has 118 valence electrons. The van der Waals surface area contributed by atoms with Gasteiger partial charge in [0.25, 0.3) is 11.8 Å². The third-order valence-electron chi connectivity index (χ3n) is 2.53. The highest BCUT2D eigenvalue weighted by atomic mass is 19.3. The molecule has 2 aromatic rings. The molecule has 9 heteroatoms. The monoisotopic (exact) mass is 313 g/mol. The van der Waals surface area contributed by atoms with Gasteiger partial charge in [-0.05, 0) is 12.1 Å². The van der Waals surface area contributed by atoms with Crippen LogP contribution >= 0.6 is 0 Å². The Morgan fingerprint density at radius 3 is 2.91 bits per heavy atom. The second-order valence-electron chi connectivity index (χ2n) is 4.09. The molecule has 0 saturated carbocycles. The van der Waals surface area contributed by atoms with E-state index >= 15 is 0 Å². The molecule has 0 aliphatic heterocycles. The van der Waals surface area contributed by atoms with Crippen LogP contribution in [0.2, 0.25) is 0 Å². The third-order valence-corrected chi connectivity index (χ3v) is 2.53. The summed E-state index contributed by atoms with van der Waals surface area (Å²) >= 11 is 0. The number of alkyl halides is 2. The lowest BCUT2D eigenvalue weighted by Gasteiger charge is -2.09. The number of nitrogens with one attached hydrogen (secondary N) is 1. The largest absolute Gasteiger partial charge is 0.434 e. The van der Waals surface area contributed by atoms with Crippen molar-refractivity contribution in [3.05, 3.63) is 41.5 Å². The van der Waals surface area contributed by atoms with Crippen LogP contribution in [0.25, 0.3) is 0 Å². The van der Waals surface area contributed by atoms with E-state index in [1.807, 2.05) is 0 Å². The zero-order valence-corrected chi connectivity index (χ0v) is 11.6. The molecule has 1 amide bonds. The molecule has 1 heterocycles. The summed E-state index contributed by atoms with van der Waals surface area (Å²) in [5, 5.41) is 6.13. The molecule has 0 aliphatic carbocycles. The Bertz CT molecular complexity index is 633. The average molecular weight is 313 g/mol. The topological polar surface area (TPSA) is 86.5 Å². The number of aromatic nitrogens is 2. The van der Waals surface area contributed by atoms with Gasteiger partial charge >= 0.3 is 6.61 Å². The molecule has 0 spiro atoms. The third kappa shape index (κ3) is 4.22. The lowest BCUT2D eigenvalue weighted by Crippen LogP contribution is -2.24. The van der Waals surface area contributed by atoms with E-state index in [1.54, 1.807) is 0 Å². The number of ether oxygens (including phenoxy) is 2. The Hall–Kier alpha value is -2.55.